The molecule has 0 aliphatic carbocycles. The van der Waals surface area contributed by atoms with Gasteiger partial charge in [-0.15, -0.1) is 0 Å². The van der Waals surface area contributed by atoms with Crippen LogP contribution in [0.1, 0.15) is 42.4 Å². The van der Waals surface area contributed by atoms with E-state index in [2.05, 4.69) is 11.9 Å². The molecule has 1 aliphatic rings. The summed E-state index contributed by atoms with van der Waals surface area (Å²) < 4.78 is 0. The highest BCUT2D eigenvalue weighted by molar-refractivity contribution is 5.74. The van der Waals surface area contributed by atoms with E-state index in [1.165, 1.54) is 0 Å². The summed E-state index contributed by atoms with van der Waals surface area (Å²) in [7, 11) is 2.13. The molecular formula is C15H21NO3. The summed E-state index contributed by atoms with van der Waals surface area (Å²) in [6.45, 7) is 2.18. The van der Waals surface area contributed by atoms with Crippen LogP contribution in [0.3, 0.4) is 0 Å². The van der Waals surface area contributed by atoms with E-state index in [1.54, 1.807) is 6.07 Å². The van der Waals surface area contributed by atoms with Crippen LogP contribution < -0.4 is 0 Å². The molecule has 0 saturated carbocycles. The van der Waals surface area contributed by atoms with Gasteiger partial charge in [0.15, 0.2) is 6.10 Å². The summed E-state index contributed by atoms with van der Waals surface area (Å²) in [5.41, 5.74) is 1.62. The first-order valence-electron chi connectivity index (χ1n) is 6.77. The minimum Gasteiger partial charge on any atom is -0.479 e. The second-order valence-corrected chi connectivity index (χ2v) is 5.34. The number of rotatable bonds is 3. The first kappa shape index (κ1) is 14.0. The second-order valence-electron chi connectivity index (χ2n) is 5.34. The van der Waals surface area contributed by atoms with Crippen LogP contribution in [0.25, 0.3) is 0 Å². The third-order valence-electron chi connectivity index (χ3n) is 3.88. The molecule has 2 unspecified atom stereocenters. The summed E-state index contributed by atoms with van der Waals surface area (Å²) in [5, 5.41) is 18.5. The molecule has 4 heteroatoms. The highest BCUT2D eigenvalue weighted by atomic mass is 16.4. The van der Waals surface area contributed by atoms with Crippen LogP contribution in [-0.2, 0) is 4.79 Å². The van der Waals surface area contributed by atoms with Crippen LogP contribution in [0.15, 0.2) is 24.3 Å². The first-order valence-corrected chi connectivity index (χ1v) is 6.77. The maximum Gasteiger partial charge on any atom is 0.337 e. The number of carboxylic acid groups (broad SMARTS) is 1. The van der Waals surface area contributed by atoms with Crippen molar-refractivity contribution >= 4 is 5.97 Å². The van der Waals surface area contributed by atoms with Crippen molar-refractivity contribution in [2.24, 2.45) is 0 Å². The van der Waals surface area contributed by atoms with Crippen molar-refractivity contribution in [2.45, 2.75) is 31.3 Å². The molecule has 1 saturated heterocycles. The maximum absolute atomic E-state index is 10.8. The van der Waals surface area contributed by atoms with E-state index in [9.17, 15) is 9.90 Å². The van der Waals surface area contributed by atoms with Crippen LogP contribution in [0.2, 0.25) is 0 Å². The van der Waals surface area contributed by atoms with E-state index >= 15 is 0 Å². The van der Waals surface area contributed by atoms with Crippen LogP contribution in [-0.4, -0.2) is 41.2 Å². The number of carbonyl (C=O) groups is 1. The predicted octanol–water partition coefficient (Wildman–Crippen LogP) is 2.00. The van der Waals surface area contributed by atoms with E-state index in [4.69, 9.17) is 5.11 Å². The van der Waals surface area contributed by atoms with E-state index in [0.29, 0.717) is 11.5 Å². The smallest absolute Gasteiger partial charge is 0.337 e. The van der Waals surface area contributed by atoms with Gasteiger partial charge in [-0.05, 0) is 56.4 Å². The largest absolute Gasteiger partial charge is 0.479 e. The predicted molar refractivity (Wildman–Crippen MR) is 73.1 cm³/mol. The normalized spacial score (nSPS) is 22.7. The van der Waals surface area contributed by atoms with Gasteiger partial charge in [-0.25, -0.2) is 4.79 Å². The van der Waals surface area contributed by atoms with Gasteiger partial charge in [0.2, 0.25) is 0 Å². The zero-order chi connectivity index (χ0) is 13.8. The van der Waals surface area contributed by atoms with Gasteiger partial charge in [0, 0.05) is 0 Å². The van der Waals surface area contributed by atoms with Gasteiger partial charge in [0.25, 0.3) is 0 Å². The molecule has 0 spiro atoms. The molecule has 104 valence electrons. The number of hydrogen-bond acceptors (Lipinski definition) is 3. The van der Waals surface area contributed by atoms with Crippen LogP contribution >= 0.6 is 0 Å². The van der Waals surface area contributed by atoms with E-state index in [1.807, 2.05) is 18.2 Å². The van der Waals surface area contributed by atoms with Crippen molar-refractivity contribution in [3.63, 3.8) is 0 Å². The first-order chi connectivity index (χ1) is 9.08. The lowest BCUT2D eigenvalue weighted by molar-refractivity contribution is -0.146. The van der Waals surface area contributed by atoms with Crippen LogP contribution in [0, 0.1) is 0 Å². The summed E-state index contributed by atoms with van der Waals surface area (Å²) in [6.07, 6.45) is 1.95. The standard InChI is InChI=1S/C15H21NO3/c1-16-8-3-6-11(7-9-16)12-4-2-5-13(10-12)14(17)15(18)19/h2,4-5,10-11,14,17H,3,6-9H2,1H3,(H,18,19). The number of nitrogens with zero attached hydrogens (tertiary/aromatic N) is 1. The fourth-order valence-corrected chi connectivity index (χ4v) is 2.70. The van der Waals surface area contributed by atoms with Gasteiger partial charge < -0.3 is 15.1 Å². The summed E-state index contributed by atoms with van der Waals surface area (Å²) in [6, 6.07) is 7.39. The lowest BCUT2D eigenvalue weighted by atomic mass is 9.90. The molecule has 2 atom stereocenters. The Morgan fingerprint density at radius 3 is 2.89 bits per heavy atom. The molecule has 2 N–H and O–H groups in total. The van der Waals surface area contributed by atoms with E-state index in [-0.39, 0.29) is 0 Å². The number of aliphatic hydroxyl groups is 1. The average molecular weight is 263 g/mol. The molecular weight excluding hydrogens is 242 g/mol. The fourth-order valence-electron chi connectivity index (χ4n) is 2.70. The van der Waals surface area contributed by atoms with Crippen molar-refractivity contribution in [2.75, 3.05) is 20.1 Å². The molecule has 1 fully saturated rings. The van der Waals surface area contributed by atoms with Gasteiger partial charge >= 0.3 is 5.97 Å². The molecule has 1 heterocycles. The van der Waals surface area contributed by atoms with E-state index in [0.717, 1.165) is 37.9 Å². The number of aliphatic hydroxyl groups excluding tert-OH is 1. The molecule has 4 nitrogen and oxygen atoms in total. The van der Waals surface area contributed by atoms with E-state index < -0.39 is 12.1 Å². The minimum atomic E-state index is -1.42. The Kier molecular flexibility index (Phi) is 4.56. The van der Waals surface area contributed by atoms with Gasteiger partial charge in [0.05, 0.1) is 0 Å². The Morgan fingerprint density at radius 2 is 2.16 bits per heavy atom. The van der Waals surface area contributed by atoms with Crippen molar-refractivity contribution in [3.05, 3.63) is 35.4 Å². The van der Waals surface area contributed by atoms with Gasteiger partial charge in [-0.2, -0.15) is 0 Å². The Morgan fingerprint density at radius 1 is 1.37 bits per heavy atom. The lowest BCUT2D eigenvalue weighted by Crippen LogP contribution is -2.18. The molecule has 19 heavy (non-hydrogen) atoms. The quantitative estimate of drug-likeness (QED) is 0.875. The molecule has 1 aliphatic heterocycles. The zero-order valence-corrected chi connectivity index (χ0v) is 11.2. The zero-order valence-electron chi connectivity index (χ0n) is 11.2. The maximum atomic E-state index is 10.8. The van der Waals surface area contributed by atoms with Crippen LogP contribution in [0.4, 0.5) is 0 Å². The molecule has 1 aromatic carbocycles. The molecule has 1 aromatic rings. The number of likely N-dealkylation sites (tertiary alicyclic amines) is 1. The lowest BCUT2D eigenvalue weighted by Gasteiger charge is -2.17. The van der Waals surface area contributed by atoms with Crippen LogP contribution in [0.5, 0.6) is 0 Å². The highest BCUT2D eigenvalue weighted by Gasteiger charge is 2.20. The molecule has 0 aromatic heterocycles. The third-order valence-corrected chi connectivity index (χ3v) is 3.88. The summed E-state index contributed by atoms with van der Waals surface area (Å²) in [5.74, 6) is -0.733. The molecule has 0 bridgehead atoms. The number of aliphatic carboxylic acids is 1. The Hall–Kier alpha value is -1.39. The molecule has 2 rings (SSSR count). The average Bonchev–Trinajstić information content (AvgIpc) is 2.63. The Balaban J connectivity index is 2.16. The fraction of sp³-hybridized carbons (Fsp3) is 0.533. The molecule has 0 radical (unpaired) electrons. The SMILES string of the molecule is CN1CCCC(c2cccc(C(O)C(=O)O)c2)CC1. The Bertz CT molecular complexity index is 447. The second kappa shape index (κ2) is 6.17. The summed E-state index contributed by atoms with van der Waals surface area (Å²) in [4.78, 5) is 13.2. The highest BCUT2D eigenvalue weighted by Crippen LogP contribution is 2.29. The number of hydrogen-bond donors (Lipinski definition) is 2. The monoisotopic (exact) mass is 263 g/mol. The minimum absolute atomic E-state index is 0.464. The third kappa shape index (κ3) is 3.55. The van der Waals surface area contributed by atoms with Crippen molar-refractivity contribution < 1.29 is 15.0 Å². The van der Waals surface area contributed by atoms with Crippen molar-refractivity contribution in [3.8, 4) is 0 Å². The van der Waals surface area contributed by atoms with Crippen molar-refractivity contribution in [1.29, 1.82) is 0 Å². The topological polar surface area (TPSA) is 60.8 Å². The molecule has 0 amide bonds. The van der Waals surface area contributed by atoms with Gasteiger partial charge in [-0.3, -0.25) is 0 Å². The summed E-state index contributed by atoms with van der Waals surface area (Å²) >= 11 is 0. The number of carboxylic acids is 1. The van der Waals surface area contributed by atoms with Gasteiger partial charge in [-0.1, -0.05) is 24.3 Å². The Labute approximate surface area is 113 Å². The van der Waals surface area contributed by atoms with Crippen molar-refractivity contribution in [1.82, 2.24) is 4.90 Å². The van der Waals surface area contributed by atoms with Gasteiger partial charge in [0.1, 0.15) is 0 Å². The number of benzene rings is 1.